The fraction of sp³-hybridized carbons (Fsp3) is 0.822. The van der Waals surface area contributed by atoms with Gasteiger partial charge in [-0.2, -0.15) is 0 Å². The highest BCUT2D eigenvalue weighted by Crippen LogP contribution is 2.38. The Bertz CT molecular complexity index is 3040. The molecule has 0 saturated heterocycles. The number of aliphatic hydroxyl groups excluding tert-OH is 1. The van der Waals surface area contributed by atoms with E-state index in [2.05, 4.69) is 63.8 Å². The van der Waals surface area contributed by atoms with E-state index in [-0.39, 0.29) is 107 Å². The number of aliphatic hydroxyl groups is 1. The number of nitrogens with two attached hydrogens (primary N) is 1. The summed E-state index contributed by atoms with van der Waals surface area (Å²) in [6, 6.07) is -5.29. The van der Waals surface area contributed by atoms with Crippen molar-refractivity contribution in [1.82, 2.24) is 63.8 Å². The summed E-state index contributed by atoms with van der Waals surface area (Å²) in [5, 5.41) is 48.0. The van der Waals surface area contributed by atoms with E-state index in [1.165, 1.54) is 13.8 Å². The molecule has 0 heterocycles. The lowest BCUT2D eigenvalue weighted by Gasteiger charge is -2.29. The van der Waals surface area contributed by atoms with Crippen molar-refractivity contribution in [3.8, 4) is 0 Å². The lowest BCUT2D eigenvalue weighted by atomic mass is 9.95. The van der Waals surface area contributed by atoms with Gasteiger partial charge in [0.05, 0.1) is 77.2 Å². The molecule has 0 aromatic carbocycles. The van der Waals surface area contributed by atoms with Gasteiger partial charge in [0.2, 0.25) is 76.8 Å². The van der Waals surface area contributed by atoms with Crippen molar-refractivity contribution < 1.29 is 67.4 Å². The fourth-order valence-electron chi connectivity index (χ4n) is 19.9. The van der Waals surface area contributed by atoms with E-state index in [4.69, 9.17) is 5.73 Å². The maximum Gasteiger partial charge on any atom is 0.225 e. The first-order chi connectivity index (χ1) is 48.1. The minimum absolute atomic E-state index is 0.165. The highest BCUT2D eigenvalue weighted by atomic mass is 16.3. The second-order valence-corrected chi connectivity index (χ2v) is 31.9. The summed E-state index contributed by atoms with van der Waals surface area (Å²) in [6.45, 7) is 2.93. The van der Waals surface area contributed by atoms with E-state index in [0.29, 0.717) is 161 Å². The number of carbonyl (C=O) groups is 13. The van der Waals surface area contributed by atoms with Gasteiger partial charge in [-0.3, -0.25) is 62.3 Å². The zero-order chi connectivity index (χ0) is 70.9. The first kappa shape index (κ1) is 74.3. The molecule has 27 heteroatoms. The molecule has 0 aromatic heterocycles. The van der Waals surface area contributed by atoms with Crippen LogP contribution in [0.15, 0.2) is 0 Å². The number of amides is 13. The molecule has 0 radical (unpaired) electrons. The minimum atomic E-state index is -1.08. The summed E-state index contributed by atoms with van der Waals surface area (Å²) in [5.74, 6) is -8.57. The standard InChI is InChI=1S/C73H113N13O14/c1-37(87)61(86-73(100)49-24-13-35-60(49)78-64(91)40-15-4-26-51(40)75-38(2)88)36-62(89)76-52-27-5-16-41(52)65(92)79-54-29-7-18-43(54)67(94)81-56-31-9-20-45(56)69(96)83-58-33-11-22-47(58)71(98)85-59-34-12-23-48(59)72(99)84-57-32-10-21-46(57)70(97)82-55-30-8-19-44(55)68(95)80-53-28-6-17-42(53)66(93)77-50-25-3-14-39(50)63(74)90/h37,39-61,87H,3-36H2,1-2H3,(H2,74,90)(H,75,88)(H,76,89)(H,77,93)(H,78,91)(H,79,92)(H,80,95)(H,81,94)(H,82,97)(H,83,96)(H,84,99)(H,85,98)(H,86,100)/t37-,39+,40+,41+,42+,43+,44+,45+,46+,47+,48+,49+,50+,51+,52+,53+,54+,55+,56+,57+,58+,59+,60+,61+/m1/s1. The third-order valence-electron chi connectivity index (χ3n) is 25.4. The molecule has 11 fully saturated rings. The van der Waals surface area contributed by atoms with Crippen LogP contribution in [0, 0.1) is 65.1 Å². The van der Waals surface area contributed by atoms with Crippen molar-refractivity contribution in [2.45, 2.75) is 311 Å². The maximum atomic E-state index is 14.2. The highest BCUT2D eigenvalue weighted by Gasteiger charge is 2.48. The molecule has 554 valence electrons. The van der Waals surface area contributed by atoms with Gasteiger partial charge in [-0.15, -0.1) is 0 Å². The summed E-state index contributed by atoms with van der Waals surface area (Å²) in [7, 11) is 0. The van der Waals surface area contributed by atoms with Crippen LogP contribution in [0.1, 0.15) is 232 Å². The van der Waals surface area contributed by atoms with E-state index in [9.17, 15) is 67.4 Å². The van der Waals surface area contributed by atoms with Gasteiger partial charge in [0.25, 0.3) is 0 Å². The molecular formula is C73H113N13O14. The Labute approximate surface area is 587 Å². The van der Waals surface area contributed by atoms with Crippen LogP contribution in [-0.4, -0.2) is 161 Å². The molecule has 11 aliphatic rings. The van der Waals surface area contributed by atoms with Gasteiger partial charge in [0.15, 0.2) is 0 Å². The van der Waals surface area contributed by atoms with Crippen LogP contribution < -0.4 is 69.5 Å². The van der Waals surface area contributed by atoms with E-state index < -0.39 is 120 Å². The van der Waals surface area contributed by atoms with E-state index >= 15 is 0 Å². The van der Waals surface area contributed by atoms with Crippen LogP contribution in [0.25, 0.3) is 0 Å². The van der Waals surface area contributed by atoms with Gasteiger partial charge in [-0.05, 0) is 148 Å². The number of nitrogens with one attached hydrogen (secondary N) is 12. The van der Waals surface area contributed by atoms with Crippen molar-refractivity contribution >= 4 is 76.8 Å². The molecule has 27 nitrogen and oxygen atoms in total. The normalized spacial score (nSPS) is 36.5. The van der Waals surface area contributed by atoms with Gasteiger partial charge < -0.3 is 74.6 Å². The predicted molar refractivity (Wildman–Crippen MR) is 365 cm³/mol. The van der Waals surface area contributed by atoms with Gasteiger partial charge in [-0.25, -0.2) is 0 Å². The van der Waals surface area contributed by atoms with Crippen molar-refractivity contribution in [3.63, 3.8) is 0 Å². The van der Waals surface area contributed by atoms with Crippen molar-refractivity contribution in [1.29, 1.82) is 0 Å². The largest absolute Gasteiger partial charge is 0.391 e. The number of hydrogen-bond donors (Lipinski definition) is 14. The maximum absolute atomic E-state index is 14.2. The predicted octanol–water partition coefficient (Wildman–Crippen LogP) is 1.88. The van der Waals surface area contributed by atoms with Crippen molar-refractivity contribution in [3.05, 3.63) is 0 Å². The van der Waals surface area contributed by atoms with Gasteiger partial charge in [0, 0.05) is 79.8 Å². The zero-order valence-corrected chi connectivity index (χ0v) is 58.7. The van der Waals surface area contributed by atoms with E-state index in [1.807, 2.05) is 0 Å². The highest BCUT2D eigenvalue weighted by molar-refractivity contribution is 5.90. The Morgan fingerprint density at radius 3 is 0.660 bits per heavy atom. The van der Waals surface area contributed by atoms with Crippen LogP contribution in [0.2, 0.25) is 0 Å². The Hall–Kier alpha value is -6.93. The Morgan fingerprint density at radius 1 is 0.280 bits per heavy atom. The average molecular weight is 1400 g/mol. The molecule has 13 amide bonds. The molecule has 100 heavy (non-hydrogen) atoms. The van der Waals surface area contributed by atoms with Crippen LogP contribution in [0.5, 0.6) is 0 Å². The lowest BCUT2D eigenvalue weighted by molar-refractivity contribution is -0.133. The summed E-state index contributed by atoms with van der Waals surface area (Å²) in [6.07, 6.45) is 20.1. The Balaban J connectivity index is 0.601. The molecule has 0 unspecified atom stereocenters. The molecule has 0 aromatic rings. The average Bonchev–Trinajstić information content (AvgIpc) is 1.67. The van der Waals surface area contributed by atoms with E-state index in [0.717, 1.165) is 51.4 Å². The SMILES string of the molecule is CC(=O)N[C@H]1CCC[C@@H]1C(=O)N[C@H]1CCC[C@@H]1C(=O)N[C@@H](CC(=O)N[C@H]1CCC[C@@H]1C(=O)N[C@H]1CCC[C@@H]1C(=O)N[C@H]1CCC[C@@H]1C(=O)N[C@H]1CCC[C@@H]1C(=O)N[C@H]1CCC[C@@H]1C(=O)N[C@H]1CCC[C@@H]1C(=O)N[C@H]1CCC[C@@H]1C(=O)N[C@H]1CCC[C@@H]1C(=O)N[C@H]1CCC[C@@H]1C(N)=O)[C@@H](C)O. The zero-order valence-electron chi connectivity index (χ0n) is 58.7. The quantitative estimate of drug-likeness (QED) is 0.0588. The van der Waals surface area contributed by atoms with Crippen molar-refractivity contribution in [2.24, 2.45) is 70.8 Å². The summed E-state index contributed by atoms with van der Waals surface area (Å²) in [4.78, 5) is 177. The number of hydrogen-bond acceptors (Lipinski definition) is 14. The molecule has 0 bridgehead atoms. The summed E-state index contributed by atoms with van der Waals surface area (Å²) < 4.78 is 0. The fourth-order valence-corrected chi connectivity index (χ4v) is 19.9. The lowest BCUT2D eigenvalue weighted by Crippen LogP contribution is -2.54. The first-order valence-electron chi connectivity index (χ1n) is 38.7. The molecular weight excluding hydrogens is 1280 g/mol. The number of rotatable bonds is 26. The van der Waals surface area contributed by atoms with E-state index in [1.54, 1.807) is 0 Å². The van der Waals surface area contributed by atoms with Crippen LogP contribution >= 0.6 is 0 Å². The molecule has 0 aliphatic heterocycles. The summed E-state index contributed by atoms with van der Waals surface area (Å²) in [5.41, 5.74) is 5.61. The second-order valence-electron chi connectivity index (χ2n) is 31.9. The monoisotopic (exact) mass is 1400 g/mol. The smallest absolute Gasteiger partial charge is 0.225 e. The Morgan fingerprint density at radius 2 is 0.460 bits per heavy atom. The molecule has 11 aliphatic carbocycles. The molecule has 11 saturated carbocycles. The number of carbonyl (C=O) groups excluding carboxylic acids is 13. The van der Waals surface area contributed by atoms with Crippen molar-refractivity contribution in [2.75, 3.05) is 0 Å². The molecule has 24 atom stereocenters. The molecule has 0 spiro atoms. The number of primary amides is 1. The van der Waals surface area contributed by atoms with Gasteiger partial charge >= 0.3 is 0 Å². The van der Waals surface area contributed by atoms with Crippen LogP contribution in [0.3, 0.4) is 0 Å². The third-order valence-corrected chi connectivity index (χ3v) is 25.4. The first-order valence-corrected chi connectivity index (χ1v) is 38.7. The third kappa shape index (κ3) is 17.9. The topological polar surface area (TPSA) is 413 Å². The Kier molecular flexibility index (Phi) is 25.2. The van der Waals surface area contributed by atoms with Crippen LogP contribution in [-0.2, 0) is 62.3 Å². The molecule has 15 N–H and O–H groups in total. The van der Waals surface area contributed by atoms with Gasteiger partial charge in [0.1, 0.15) is 0 Å². The second kappa shape index (κ2) is 33.9. The minimum Gasteiger partial charge on any atom is -0.391 e. The molecule has 11 rings (SSSR count). The van der Waals surface area contributed by atoms with Crippen LogP contribution in [0.4, 0.5) is 0 Å². The summed E-state index contributed by atoms with van der Waals surface area (Å²) >= 11 is 0. The van der Waals surface area contributed by atoms with Gasteiger partial charge in [-0.1, -0.05) is 70.6 Å².